The van der Waals surface area contributed by atoms with Gasteiger partial charge < -0.3 is 10.2 Å². The molecule has 0 aromatic carbocycles. The lowest BCUT2D eigenvalue weighted by atomic mass is 10.4. The number of carbonyl (C=O) groups is 1. The predicted molar refractivity (Wildman–Crippen MR) is 63.4 cm³/mol. The maximum atomic E-state index is 11.7. The van der Waals surface area contributed by atoms with Gasteiger partial charge in [-0.15, -0.1) is 0 Å². The number of rotatable bonds is 5. The van der Waals surface area contributed by atoms with Crippen LogP contribution in [0.4, 0.5) is 0 Å². The molecule has 1 fully saturated rings. The number of aromatic nitrogens is 3. The summed E-state index contributed by atoms with van der Waals surface area (Å²) in [6, 6.07) is 0. The van der Waals surface area contributed by atoms with Crippen LogP contribution >= 0.6 is 0 Å². The molecule has 1 aromatic heterocycles. The van der Waals surface area contributed by atoms with Crippen molar-refractivity contribution in [3.05, 3.63) is 12.2 Å². The number of hydrogen-bond acceptors (Lipinski definition) is 4. The van der Waals surface area contributed by atoms with E-state index in [2.05, 4.69) is 15.4 Å². The van der Waals surface area contributed by atoms with Crippen molar-refractivity contribution in [3.63, 3.8) is 0 Å². The third kappa shape index (κ3) is 3.52. The molecule has 1 aliphatic heterocycles. The van der Waals surface area contributed by atoms with Gasteiger partial charge >= 0.3 is 0 Å². The highest BCUT2D eigenvalue weighted by Gasteiger charge is 2.16. The van der Waals surface area contributed by atoms with Crippen LogP contribution in [0.2, 0.25) is 0 Å². The highest BCUT2D eigenvalue weighted by molar-refractivity contribution is 5.78. The Labute approximate surface area is 101 Å². The molecule has 0 bridgehead atoms. The molecule has 6 heteroatoms. The lowest BCUT2D eigenvalue weighted by Gasteiger charge is -2.15. The zero-order chi connectivity index (χ0) is 12.1. The summed E-state index contributed by atoms with van der Waals surface area (Å²) in [4.78, 5) is 17.7. The van der Waals surface area contributed by atoms with Gasteiger partial charge in [-0.1, -0.05) is 0 Å². The van der Waals surface area contributed by atoms with E-state index in [0.717, 1.165) is 44.7 Å². The fraction of sp³-hybridized carbons (Fsp3) is 0.727. The number of nitrogens with one attached hydrogen (secondary N) is 1. The van der Waals surface area contributed by atoms with Gasteiger partial charge in [-0.05, 0) is 12.8 Å². The molecule has 0 unspecified atom stereocenters. The van der Waals surface area contributed by atoms with E-state index >= 15 is 0 Å². The Hall–Kier alpha value is -1.43. The zero-order valence-corrected chi connectivity index (χ0v) is 10.2. The van der Waals surface area contributed by atoms with Crippen molar-refractivity contribution in [2.75, 3.05) is 26.2 Å². The van der Waals surface area contributed by atoms with E-state index in [1.54, 1.807) is 11.0 Å². The first kappa shape index (κ1) is 12.0. The SMILES string of the molecule is Cn1cnc(CCNCC(=O)N2CCCC2)n1. The van der Waals surface area contributed by atoms with Crippen LogP contribution in [0, 0.1) is 0 Å². The molecule has 1 N–H and O–H groups in total. The lowest BCUT2D eigenvalue weighted by molar-refractivity contribution is -0.129. The van der Waals surface area contributed by atoms with Crippen LogP contribution in [0.15, 0.2) is 6.33 Å². The molecule has 2 rings (SSSR count). The zero-order valence-electron chi connectivity index (χ0n) is 10.2. The summed E-state index contributed by atoms with van der Waals surface area (Å²) in [5.41, 5.74) is 0. The number of nitrogens with zero attached hydrogens (tertiary/aromatic N) is 4. The van der Waals surface area contributed by atoms with Gasteiger partial charge in [0.15, 0.2) is 5.82 Å². The van der Waals surface area contributed by atoms with E-state index in [0.29, 0.717) is 6.54 Å². The summed E-state index contributed by atoms with van der Waals surface area (Å²) in [5, 5.41) is 7.31. The molecule has 1 amide bonds. The summed E-state index contributed by atoms with van der Waals surface area (Å²) in [7, 11) is 1.85. The van der Waals surface area contributed by atoms with E-state index in [1.807, 2.05) is 11.9 Å². The molecule has 1 aromatic rings. The highest BCUT2D eigenvalue weighted by Crippen LogP contribution is 2.06. The van der Waals surface area contributed by atoms with Gasteiger partial charge in [-0.25, -0.2) is 4.98 Å². The smallest absolute Gasteiger partial charge is 0.236 e. The number of likely N-dealkylation sites (tertiary alicyclic amines) is 1. The molecular formula is C11H19N5O. The van der Waals surface area contributed by atoms with E-state index in [4.69, 9.17) is 0 Å². The largest absolute Gasteiger partial charge is 0.342 e. The summed E-state index contributed by atoms with van der Waals surface area (Å²) in [5.74, 6) is 1.02. The van der Waals surface area contributed by atoms with Crippen LogP contribution in [0.3, 0.4) is 0 Å². The van der Waals surface area contributed by atoms with Gasteiger partial charge in [0.2, 0.25) is 5.91 Å². The van der Waals surface area contributed by atoms with Crippen molar-refractivity contribution < 1.29 is 4.79 Å². The Balaban J connectivity index is 1.61. The summed E-state index contributed by atoms with van der Waals surface area (Å²) < 4.78 is 1.69. The second-order valence-electron chi connectivity index (χ2n) is 4.35. The van der Waals surface area contributed by atoms with E-state index in [1.165, 1.54) is 0 Å². The molecule has 0 spiro atoms. The number of aryl methyl sites for hydroxylation is 1. The maximum Gasteiger partial charge on any atom is 0.236 e. The standard InChI is InChI=1S/C11H19N5O/c1-15-9-13-10(14-15)4-5-12-8-11(17)16-6-2-3-7-16/h9,12H,2-8H2,1H3. The molecular weight excluding hydrogens is 218 g/mol. The molecule has 0 saturated carbocycles. The number of hydrogen-bond donors (Lipinski definition) is 1. The van der Waals surface area contributed by atoms with Gasteiger partial charge in [-0.3, -0.25) is 9.48 Å². The minimum Gasteiger partial charge on any atom is -0.342 e. The van der Waals surface area contributed by atoms with Crippen LogP contribution in [0.25, 0.3) is 0 Å². The summed E-state index contributed by atoms with van der Waals surface area (Å²) in [6.45, 7) is 3.00. The fourth-order valence-corrected chi connectivity index (χ4v) is 1.97. The lowest BCUT2D eigenvalue weighted by Crippen LogP contribution is -2.36. The first-order valence-electron chi connectivity index (χ1n) is 6.09. The van der Waals surface area contributed by atoms with Crippen LogP contribution in [-0.2, 0) is 18.3 Å². The van der Waals surface area contributed by atoms with Crippen LogP contribution in [0.1, 0.15) is 18.7 Å². The van der Waals surface area contributed by atoms with Gasteiger partial charge in [-0.2, -0.15) is 5.10 Å². The molecule has 17 heavy (non-hydrogen) atoms. The second kappa shape index (κ2) is 5.77. The average Bonchev–Trinajstić information content (AvgIpc) is 2.95. The van der Waals surface area contributed by atoms with Crippen molar-refractivity contribution in [1.29, 1.82) is 0 Å². The number of amides is 1. The normalized spacial score (nSPS) is 15.5. The number of carbonyl (C=O) groups excluding carboxylic acids is 1. The predicted octanol–water partition coefficient (Wildman–Crippen LogP) is -0.430. The van der Waals surface area contributed by atoms with E-state index < -0.39 is 0 Å². The molecule has 6 nitrogen and oxygen atoms in total. The average molecular weight is 237 g/mol. The van der Waals surface area contributed by atoms with Crippen molar-refractivity contribution in [2.24, 2.45) is 7.05 Å². The van der Waals surface area contributed by atoms with Crippen molar-refractivity contribution in [2.45, 2.75) is 19.3 Å². The molecule has 0 atom stereocenters. The molecule has 2 heterocycles. The monoisotopic (exact) mass is 237 g/mol. The molecule has 0 aliphatic carbocycles. The van der Waals surface area contributed by atoms with Gasteiger partial charge in [0.25, 0.3) is 0 Å². The van der Waals surface area contributed by atoms with Crippen molar-refractivity contribution in [1.82, 2.24) is 25.0 Å². The van der Waals surface area contributed by atoms with Crippen LogP contribution < -0.4 is 5.32 Å². The van der Waals surface area contributed by atoms with Crippen molar-refractivity contribution >= 4 is 5.91 Å². The second-order valence-corrected chi connectivity index (χ2v) is 4.35. The van der Waals surface area contributed by atoms with Crippen LogP contribution in [0.5, 0.6) is 0 Å². The summed E-state index contributed by atoms with van der Waals surface area (Å²) in [6.07, 6.45) is 4.73. The van der Waals surface area contributed by atoms with Gasteiger partial charge in [0.05, 0.1) is 6.54 Å². The Kier molecular flexibility index (Phi) is 4.08. The van der Waals surface area contributed by atoms with Crippen LogP contribution in [-0.4, -0.2) is 51.8 Å². The quantitative estimate of drug-likeness (QED) is 0.706. The fourth-order valence-electron chi connectivity index (χ4n) is 1.97. The minimum absolute atomic E-state index is 0.205. The highest BCUT2D eigenvalue weighted by atomic mass is 16.2. The molecule has 0 radical (unpaired) electrons. The Morgan fingerprint density at radius 2 is 2.24 bits per heavy atom. The Morgan fingerprint density at radius 1 is 1.47 bits per heavy atom. The topological polar surface area (TPSA) is 63.1 Å². The minimum atomic E-state index is 0.205. The first-order valence-corrected chi connectivity index (χ1v) is 6.09. The first-order chi connectivity index (χ1) is 8.25. The Bertz CT molecular complexity index is 370. The molecule has 94 valence electrons. The van der Waals surface area contributed by atoms with Gasteiger partial charge in [0.1, 0.15) is 6.33 Å². The Morgan fingerprint density at radius 3 is 2.88 bits per heavy atom. The van der Waals surface area contributed by atoms with E-state index in [9.17, 15) is 4.79 Å². The molecule has 1 aliphatic rings. The van der Waals surface area contributed by atoms with Crippen molar-refractivity contribution in [3.8, 4) is 0 Å². The summed E-state index contributed by atoms with van der Waals surface area (Å²) >= 11 is 0. The molecule has 1 saturated heterocycles. The third-order valence-corrected chi connectivity index (χ3v) is 2.91. The van der Waals surface area contributed by atoms with E-state index in [-0.39, 0.29) is 5.91 Å². The maximum absolute atomic E-state index is 11.7. The third-order valence-electron chi connectivity index (χ3n) is 2.91. The van der Waals surface area contributed by atoms with Gasteiger partial charge in [0, 0.05) is 33.1 Å².